The maximum atomic E-state index is 10.4. The zero-order valence-corrected chi connectivity index (χ0v) is 12.2. The van der Waals surface area contributed by atoms with Gasteiger partial charge in [0, 0.05) is 19.6 Å². The summed E-state index contributed by atoms with van der Waals surface area (Å²) < 4.78 is 5.66. The molecule has 1 aromatic carbocycles. The van der Waals surface area contributed by atoms with Crippen LogP contribution in [0.25, 0.3) is 0 Å². The lowest BCUT2D eigenvalue weighted by molar-refractivity contribution is -0.0418. The van der Waals surface area contributed by atoms with Gasteiger partial charge in [-0.25, -0.2) is 0 Å². The summed E-state index contributed by atoms with van der Waals surface area (Å²) in [4.78, 5) is 2.30. The van der Waals surface area contributed by atoms with Crippen LogP contribution in [0.15, 0.2) is 18.2 Å². The van der Waals surface area contributed by atoms with Gasteiger partial charge in [0.15, 0.2) is 0 Å². The van der Waals surface area contributed by atoms with Crippen LogP contribution in [0.2, 0.25) is 0 Å². The molecule has 0 bridgehead atoms. The summed E-state index contributed by atoms with van der Waals surface area (Å²) in [5, 5.41) is 10.4. The van der Waals surface area contributed by atoms with E-state index in [1.165, 1.54) is 11.1 Å². The van der Waals surface area contributed by atoms with Crippen LogP contribution in [0.3, 0.4) is 0 Å². The third-order valence-corrected chi connectivity index (χ3v) is 4.03. The molecule has 19 heavy (non-hydrogen) atoms. The Balaban J connectivity index is 1.96. The first-order valence-corrected chi connectivity index (χ1v) is 7.19. The fraction of sp³-hybridized carbons (Fsp3) is 0.625. The van der Waals surface area contributed by atoms with Gasteiger partial charge in [0.05, 0.1) is 18.8 Å². The van der Waals surface area contributed by atoms with Crippen molar-refractivity contribution in [2.45, 2.75) is 39.4 Å². The number of hydrogen-bond acceptors (Lipinski definition) is 3. The second-order valence-electron chi connectivity index (χ2n) is 5.52. The molecule has 0 aromatic heterocycles. The lowest BCUT2D eigenvalue weighted by atomic mass is 10.0. The van der Waals surface area contributed by atoms with Crippen LogP contribution in [-0.4, -0.2) is 42.4 Å². The predicted octanol–water partition coefficient (Wildman–Crippen LogP) is 2.45. The Morgan fingerprint density at radius 2 is 2.16 bits per heavy atom. The molecular weight excluding hydrogens is 238 g/mol. The number of hydrogen-bond donors (Lipinski definition) is 1. The van der Waals surface area contributed by atoms with Gasteiger partial charge in [0.2, 0.25) is 0 Å². The van der Waals surface area contributed by atoms with Crippen LogP contribution < -0.4 is 0 Å². The Hall–Kier alpha value is -0.900. The third-order valence-electron chi connectivity index (χ3n) is 4.03. The Kier molecular flexibility index (Phi) is 4.97. The van der Waals surface area contributed by atoms with Crippen molar-refractivity contribution in [2.75, 3.05) is 26.2 Å². The minimum absolute atomic E-state index is 0.320. The van der Waals surface area contributed by atoms with E-state index in [2.05, 4.69) is 37.8 Å². The monoisotopic (exact) mass is 263 g/mol. The molecule has 1 aliphatic rings. The minimum Gasteiger partial charge on any atom is -0.387 e. The van der Waals surface area contributed by atoms with E-state index in [-0.39, 0.29) is 0 Å². The fourth-order valence-corrected chi connectivity index (χ4v) is 2.52. The average molecular weight is 263 g/mol. The van der Waals surface area contributed by atoms with Crippen LogP contribution in [-0.2, 0) is 4.74 Å². The first-order valence-electron chi connectivity index (χ1n) is 7.19. The maximum Gasteiger partial charge on any atom is 0.0917 e. The topological polar surface area (TPSA) is 32.7 Å². The van der Waals surface area contributed by atoms with E-state index in [1.54, 1.807) is 0 Å². The second kappa shape index (κ2) is 6.51. The molecule has 3 nitrogen and oxygen atoms in total. The standard InChI is InChI=1S/C16H25NO2/c1-4-15-10-17(7-8-19-15)11-16(18)14-6-5-12(2)13(3)9-14/h5-6,9,15-16,18H,4,7-8,10-11H2,1-3H3. The number of nitrogens with zero attached hydrogens (tertiary/aromatic N) is 1. The molecule has 0 aliphatic carbocycles. The van der Waals surface area contributed by atoms with E-state index in [4.69, 9.17) is 4.74 Å². The van der Waals surface area contributed by atoms with Crippen LogP contribution in [0.1, 0.15) is 36.1 Å². The molecule has 0 spiro atoms. The normalized spacial score (nSPS) is 22.4. The van der Waals surface area contributed by atoms with Gasteiger partial charge in [-0.3, -0.25) is 4.90 Å². The number of aryl methyl sites for hydroxylation is 2. The SMILES string of the molecule is CCC1CN(CC(O)c2ccc(C)c(C)c2)CCO1. The molecule has 2 rings (SSSR count). The van der Waals surface area contributed by atoms with Gasteiger partial charge < -0.3 is 9.84 Å². The Labute approximate surface area is 116 Å². The lowest BCUT2D eigenvalue weighted by Crippen LogP contribution is -2.43. The summed E-state index contributed by atoms with van der Waals surface area (Å²) in [5.41, 5.74) is 3.53. The Morgan fingerprint density at radius 1 is 1.37 bits per heavy atom. The third kappa shape index (κ3) is 3.78. The number of β-amino-alcohol motifs (C(OH)–C–C–N with tert-alkyl or cyclic N) is 1. The van der Waals surface area contributed by atoms with Gasteiger partial charge in [-0.05, 0) is 37.0 Å². The first kappa shape index (κ1) is 14.5. The zero-order valence-electron chi connectivity index (χ0n) is 12.2. The lowest BCUT2D eigenvalue weighted by Gasteiger charge is -2.33. The van der Waals surface area contributed by atoms with E-state index < -0.39 is 6.10 Å². The van der Waals surface area contributed by atoms with E-state index in [1.807, 2.05) is 6.07 Å². The summed E-state index contributed by atoms with van der Waals surface area (Å²) in [6.07, 6.45) is 0.951. The van der Waals surface area contributed by atoms with Crippen molar-refractivity contribution >= 4 is 0 Å². The number of ether oxygens (including phenoxy) is 1. The predicted molar refractivity (Wildman–Crippen MR) is 77.3 cm³/mol. The molecule has 1 N–H and O–H groups in total. The smallest absolute Gasteiger partial charge is 0.0917 e. The number of aliphatic hydroxyl groups excluding tert-OH is 1. The number of morpholine rings is 1. The molecule has 1 saturated heterocycles. The van der Waals surface area contributed by atoms with E-state index >= 15 is 0 Å². The first-order chi connectivity index (χ1) is 9.10. The van der Waals surface area contributed by atoms with Crippen molar-refractivity contribution in [1.29, 1.82) is 0 Å². The van der Waals surface area contributed by atoms with Crippen molar-refractivity contribution < 1.29 is 9.84 Å². The summed E-state index contributed by atoms with van der Waals surface area (Å²) in [6.45, 7) is 9.65. The highest BCUT2D eigenvalue weighted by Crippen LogP contribution is 2.19. The maximum absolute atomic E-state index is 10.4. The van der Waals surface area contributed by atoms with E-state index in [9.17, 15) is 5.11 Å². The highest BCUT2D eigenvalue weighted by Gasteiger charge is 2.21. The number of aliphatic hydroxyl groups is 1. The largest absolute Gasteiger partial charge is 0.387 e. The van der Waals surface area contributed by atoms with Crippen molar-refractivity contribution in [3.8, 4) is 0 Å². The highest BCUT2D eigenvalue weighted by molar-refractivity contribution is 5.31. The molecule has 2 unspecified atom stereocenters. The van der Waals surface area contributed by atoms with Crippen molar-refractivity contribution in [3.63, 3.8) is 0 Å². The minimum atomic E-state index is -0.407. The van der Waals surface area contributed by atoms with E-state index in [0.29, 0.717) is 12.6 Å². The molecule has 3 heteroatoms. The highest BCUT2D eigenvalue weighted by atomic mass is 16.5. The van der Waals surface area contributed by atoms with Crippen molar-refractivity contribution in [2.24, 2.45) is 0 Å². The van der Waals surface area contributed by atoms with Gasteiger partial charge in [-0.1, -0.05) is 25.1 Å². The molecule has 106 valence electrons. The molecular formula is C16H25NO2. The summed E-state index contributed by atoms with van der Waals surface area (Å²) >= 11 is 0. The van der Waals surface area contributed by atoms with Crippen LogP contribution >= 0.6 is 0 Å². The molecule has 0 amide bonds. The molecule has 1 aromatic rings. The van der Waals surface area contributed by atoms with Gasteiger partial charge in [-0.2, -0.15) is 0 Å². The van der Waals surface area contributed by atoms with Gasteiger partial charge >= 0.3 is 0 Å². The summed E-state index contributed by atoms with van der Waals surface area (Å²) in [7, 11) is 0. The summed E-state index contributed by atoms with van der Waals surface area (Å²) in [6, 6.07) is 6.21. The molecule has 0 radical (unpaired) electrons. The Bertz CT molecular complexity index is 419. The van der Waals surface area contributed by atoms with Gasteiger partial charge in [-0.15, -0.1) is 0 Å². The molecule has 0 saturated carbocycles. The number of rotatable bonds is 4. The molecule has 1 heterocycles. The Morgan fingerprint density at radius 3 is 2.84 bits per heavy atom. The van der Waals surface area contributed by atoms with E-state index in [0.717, 1.165) is 31.7 Å². The zero-order chi connectivity index (χ0) is 13.8. The quantitative estimate of drug-likeness (QED) is 0.905. The average Bonchev–Trinajstić information content (AvgIpc) is 2.42. The van der Waals surface area contributed by atoms with Gasteiger partial charge in [0.1, 0.15) is 0 Å². The number of benzene rings is 1. The fourth-order valence-electron chi connectivity index (χ4n) is 2.52. The summed E-state index contributed by atoms with van der Waals surface area (Å²) in [5.74, 6) is 0. The van der Waals surface area contributed by atoms with Crippen LogP contribution in [0.4, 0.5) is 0 Å². The molecule has 2 atom stereocenters. The second-order valence-corrected chi connectivity index (χ2v) is 5.52. The molecule has 1 fully saturated rings. The van der Waals surface area contributed by atoms with Gasteiger partial charge in [0.25, 0.3) is 0 Å². The van der Waals surface area contributed by atoms with Crippen molar-refractivity contribution in [3.05, 3.63) is 34.9 Å². The molecule has 1 aliphatic heterocycles. The van der Waals surface area contributed by atoms with Crippen LogP contribution in [0, 0.1) is 13.8 Å². The van der Waals surface area contributed by atoms with Crippen LogP contribution in [0.5, 0.6) is 0 Å². The van der Waals surface area contributed by atoms with Crippen molar-refractivity contribution in [1.82, 2.24) is 4.90 Å².